The van der Waals surface area contributed by atoms with Crippen molar-refractivity contribution in [2.75, 3.05) is 0 Å². The second kappa shape index (κ2) is 5.31. The zero-order valence-electron chi connectivity index (χ0n) is 13.1. The van der Waals surface area contributed by atoms with Crippen molar-refractivity contribution in [1.82, 2.24) is 9.78 Å². The molecule has 0 aliphatic carbocycles. The predicted molar refractivity (Wildman–Crippen MR) is 84.2 cm³/mol. The summed E-state index contributed by atoms with van der Waals surface area (Å²) in [5, 5.41) is 2.99. The van der Waals surface area contributed by atoms with Gasteiger partial charge in [0.2, 0.25) is 0 Å². The van der Waals surface area contributed by atoms with E-state index in [-0.39, 0.29) is 11.0 Å². The van der Waals surface area contributed by atoms with Gasteiger partial charge in [-0.05, 0) is 18.9 Å². The van der Waals surface area contributed by atoms with Crippen LogP contribution in [0.3, 0.4) is 0 Å². The third kappa shape index (κ3) is 2.72. The molecule has 0 aliphatic heterocycles. The molecule has 2 rings (SSSR count). The third-order valence-electron chi connectivity index (χ3n) is 3.47. The van der Waals surface area contributed by atoms with Crippen molar-refractivity contribution in [3.05, 3.63) is 45.9 Å². The van der Waals surface area contributed by atoms with E-state index in [0.717, 1.165) is 29.8 Å². The van der Waals surface area contributed by atoms with Crippen LogP contribution in [0, 0.1) is 6.92 Å². The summed E-state index contributed by atoms with van der Waals surface area (Å²) in [4.78, 5) is 12.4. The smallest absolute Gasteiger partial charge is 0.272 e. The van der Waals surface area contributed by atoms with Crippen LogP contribution in [0.2, 0.25) is 0 Å². The first-order valence-electron chi connectivity index (χ1n) is 7.25. The number of aromatic amines is 1. The van der Waals surface area contributed by atoms with Crippen LogP contribution in [-0.4, -0.2) is 9.78 Å². The highest BCUT2D eigenvalue weighted by molar-refractivity contribution is 5.66. The Labute approximate surface area is 120 Å². The molecule has 3 heteroatoms. The maximum Gasteiger partial charge on any atom is 0.272 e. The lowest BCUT2D eigenvalue weighted by molar-refractivity contribution is 0.482. The summed E-state index contributed by atoms with van der Waals surface area (Å²) in [6.07, 6.45) is 1.00. The Hall–Kier alpha value is -1.77. The number of aryl methyl sites for hydroxylation is 2. The van der Waals surface area contributed by atoms with Gasteiger partial charge in [-0.25, -0.2) is 0 Å². The Kier molecular flexibility index (Phi) is 3.89. The summed E-state index contributed by atoms with van der Waals surface area (Å²) in [6, 6.07) is 8.17. The number of aromatic nitrogens is 2. The van der Waals surface area contributed by atoms with Gasteiger partial charge in [0.25, 0.3) is 5.56 Å². The van der Waals surface area contributed by atoms with E-state index in [1.807, 2.05) is 16.8 Å². The lowest BCUT2D eigenvalue weighted by Gasteiger charge is -2.22. The summed E-state index contributed by atoms with van der Waals surface area (Å²) in [6.45, 7) is 11.5. The number of hydrogen-bond donors (Lipinski definition) is 1. The number of H-pyrrole nitrogens is 1. The minimum Gasteiger partial charge on any atom is -0.288 e. The Morgan fingerprint density at radius 1 is 1.15 bits per heavy atom. The molecule has 1 N–H and O–H groups in total. The van der Waals surface area contributed by atoms with Crippen molar-refractivity contribution >= 4 is 0 Å². The summed E-state index contributed by atoms with van der Waals surface area (Å²) >= 11 is 0. The maximum absolute atomic E-state index is 12.4. The molecule has 0 aliphatic rings. The Morgan fingerprint density at radius 3 is 2.25 bits per heavy atom. The van der Waals surface area contributed by atoms with E-state index in [2.05, 4.69) is 51.9 Å². The molecule has 1 aromatic heterocycles. The average molecular weight is 272 g/mol. The van der Waals surface area contributed by atoms with E-state index in [0.29, 0.717) is 0 Å². The van der Waals surface area contributed by atoms with E-state index in [1.165, 1.54) is 5.56 Å². The lowest BCUT2D eigenvalue weighted by atomic mass is 9.87. The van der Waals surface area contributed by atoms with E-state index in [4.69, 9.17) is 0 Å². The highest BCUT2D eigenvalue weighted by Crippen LogP contribution is 2.30. The minimum atomic E-state index is -0.0749. The van der Waals surface area contributed by atoms with Gasteiger partial charge in [-0.15, -0.1) is 0 Å². The van der Waals surface area contributed by atoms with Gasteiger partial charge in [0.05, 0.1) is 11.3 Å². The quantitative estimate of drug-likeness (QED) is 0.905. The highest BCUT2D eigenvalue weighted by Gasteiger charge is 2.26. The van der Waals surface area contributed by atoms with Crippen molar-refractivity contribution in [2.24, 2.45) is 0 Å². The first-order chi connectivity index (χ1) is 9.34. The van der Waals surface area contributed by atoms with Crippen LogP contribution in [0.4, 0.5) is 0 Å². The summed E-state index contributed by atoms with van der Waals surface area (Å²) < 4.78 is 2.01. The molecule has 0 saturated heterocycles. The highest BCUT2D eigenvalue weighted by atomic mass is 16.1. The van der Waals surface area contributed by atoms with Crippen molar-refractivity contribution in [3.8, 4) is 11.1 Å². The number of benzene rings is 1. The number of nitrogens with zero attached hydrogens (tertiary/aromatic N) is 1. The molecule has 1 aromatic carbocycles. The zero-order chi connectivity index (χ0) is 14.9. The molecule has 0 spiro atoms. The Bertz CT molecular complexity index is 639. The van der Waals surface area contributed by atoms with E-state index < -0.39 is 0 Å². The zero-order valence-corrected chi connectivity index (χ0v) is 13.1. The Morgan fingerprint density at radius 2 is 1.75 bits per heavy atom. The lowest BCUT2D eigenvalue weighted by Crippen LogP contribution is -2.19. The summed E-state index contributed by atoms with van der Waals surface area (Å²) in [5.74, 6) is 0. The van der Waals surface area contributed by atoms with Gasteiger partial charge in [0.15, 0.2) is 0 Å². The molecule has 2 aromatic rings. The fourth-order valence-corrected chi connectivity index (χ4v) is 2.64. The van der Waals surface area contributed by atoms with Gasteiger partial charge in [-0.3, -0.25) is 14.6 Å². The Balaban J connectivity index is 2.69. The average Bonchev–Trinajstić information content (AvgIpc) is 2.67. The van der Waals surface area contributed by atoms with Gasteiger partial charge in [-0.1, -0.05) is 57.5 Å². The van der Waals surface area contributed by atoms with Crippen LogP contribution in [0.5, 0.6) is 0 Å². The molecule has 0 bridgehead atoms. The van der Waals surface area contributed by atoms with Crippen LogP contribution >= 0.6 is 0 Å². The molecule has 0 unspecified atom stereocenters. The standard InChI is InChI=1S/C17H24N2O/c1-6-11-19-15(17(3,4)5)14(16(20)18-19)13-9-7-12(2)8-10-13/h7-10H,6,11H2,1-5H3,(H,18,20). The van der Waals surface area contributed by atoms with Gasteiger partial charge in [-0.2, -0.15) is 0 Å². The van der Waals surface area contributed by atoms with Gasteiger partial charge < -0.3 is 0 Å². The van der Waals surface area contributed by atoms with Gasteiger partial charge in [0, 0.05) is 12.0 Å². The number of nitrogens with one attached hydrogen (secondary N) is 1. The molecule has 1 heterocycles. The molecular formula is C17H24N2O. The number of rotatable bonds is 3. The van der Waals surface area contributed by atoms with Crippen molar-refractivity contribution in [3.63, 3.8) is 0 Å². The molecule has 108 valence electrons. The molecule has 0 fully saturated rings. The summed E-state index contributed by atoms with van der Waals surface area (Å²) in [7, 11) is 0. The van der Waals surface area contributed by atoms with E-state index in [9.17, 15) is 4.79 Å². The molecule has 0 saturated carbocycles. The third-order valence-corrected chi connectivity index (χ3v) is 3.47. The summed E-state index contributed by atoms with van der Waals surface area (Å²) in [5.41, 5.74) is 4.03. The van der Waals surface area contributed by atoms with Crippen LogP contribution in [0.15, 0.2) is 29.1 Å². The van der Waals surface area contributed by atoms with Crippen LogP contribution in [-0.2, 0) is 12.0 Å². The SMILES string of the molecule is CCCn1[nH]c(=O)c(-c2ccc(C)cc2)c1C(C)(C)C. The van der Waals surface area contributed by atoms with Crippen LogP contribution < -0.4 is 5.56 Å². The molecule has 3 nitrogen and oxygen atoms in total. The largest absolute Gasteiger partial charge is 0.288 e. The van der Waals surface area contributed by atoms with Gasteiger partial charge in [0.1, 0.15) is 0 Å². The topological polar surface area (TPSA) is 37.8 Å². The molecule has 0 atom stereocenters. The predicted octanol–water partition coefficient (Wildman–Crippen LogP) is 3.86. The maximum atomic E-state index is 12.4. The first-order valence-corrected chi connectivity index (χ1v) is 7.25. The first kappa shape index (κ1) is 14.6. The second-order valence-corrected chi connectivity index (χ2v) is 6.43. The van der Waals surface area contributed by atoms with E-state index in [1.54, 1.807) is 0 Å². The van der Waals surface area contributed by atoms with Crippen LogP contribution in [0.1, 0.15) is 45.4 Å². The normalized spacial score (nSPS) is 11.8. The minimum absolute atomic E-state index is 0.00669. The molecular weight excluding hydrogens is 248 g/mol. The van der Waals surface area contributed by atoms with Crippen molar-refractivity contribution in [2.45, 2.75) is 53.0 Å². The molecule has 0 radical (unpaired) electrons. The van der Waals surface area contributed by atoms with Crippen LogP contribution in [0.25, 0.3) is 11.1 Å². The monoisotopic (exact) mass is 272 g/mol. The fourth-order valence-electron chi connectivity index (χ4n) is 2.64. The molecule has 20 heavy (non-hydrogen) atoms. The molecule has 0 amide bonds. The fraction of sp³-hybridized carbons (Fsp3) is 0.471. The van der Waals surface area contributed by atoms with Crippen molar-refractivity contribution < 1.29 is 0 Å². The second-order valence-electron chi connectivity index (χ2n) is 6.43. The number of hydrogen-bond acceptors (Lipinski definition) is 1. The van der Waals surface area contributed by atoms with Crippen molar-refractivity contribution in [1.29, 1.82) is 0 Å². The van der Waals surface area contributed by atoms with E-state index >= 15 is 0 Å². The van der Waals surface area contributed by atoms with Gasteiger partial charge >= 0.3 is 0 Å².